The van der Waals surface area contributed by atoms with Crippen molar-refractivity contribution in [2.45, 2.75) is 6.61 Å². The van der Waals surface area contributed by atoms with E-state index < -0.39 is 0 Å². The third-order valence-electron chi connectivity index (χ3n) is 13.7. The van der Waals surface area contributed by atoms with Crippen LogP contribution in [0.3, 0.4) is 0 Å². The van der Waals surface area contributed by atoms with E-state index in [0.717, 1.165) is 88.6 Å². The van der Waals surface area contributed by atoms with Crippen molar-refractivity contribution in [2.24, 2.45) is 0 Å². The fraction of sp³-hybridized carbons (Fsp3) is 0.0167. The number of aromatic nitrogens is 4. The number of furan rings is 1. The van der Waals surface area contributed by atoms with Crippen LogP contribution in [0.5, 0.6) is 5.75 Å². The molecule has 1 aliphatic rings. The lowest BCUT2D eigenvalue weighted by atomic mass is 9.95. The van der Waals surface area contributed by atoms with E-state index in [1.807, 2.05) is 12.1 Å². The van der Waals surface area contributed by atoms with E-state index >= 15 is 0 Å². The zero-order valence-corrected chi connectivity index (χ0v) is 36.5. The van der Waals surface area contributed by atoms with E-state index in [1.165, 1.54) is 41.7 Å². The van der Waals surface area contributed by atoms with Gasteiger partial charge in [0.15, 0.2) is 17.5 Å². The zero-order chi connectivity index (χ0) is 43.7. The van der Waals surface area contributed by atoms with Crippen LogP contribution in [-0.4, -0.2) is 19.5 Å². The molecule has 0 fully saturated rings. The predicted molar refractivity (Wildman–Crippen MR) is 275 cm³/mol. The largest absolute Gasteiger partial charge is 0.488 e. The van der Waals surface area contributed by atoms with Crippen molar-refractivity contribution in [2.75, 3.05) is 0 Å². The van der Waals surface area contributed by atoms with E-state index in [0.29, 0.717) is 24.1 Å². The van der Waals surface area contributed by atoms with Gasteiger partial charge in [0.1, 0.15) is 23.5 Å². The minimum Gasteiger partial charge on any atom is -0.488 e. The van der Waals surface area contributed by atoms with Gasteiger partial charge in [-0.25, -0.2) is 15.0 Å². The number of fused-ring (bicyclic) bond motifs is 14. The monoisotopic (exact) mass is 874 g/mol. The van der Waals surface area contributed by atoms with Gasteiger partial charge in [-0.15, -0.1) is 11.3 Å². The molecule has 10 aromatic carbocycles. The molecule has 0 bridgehead atoms. The van der Waals surface area contributed by atoms with Crippen molar-refractivity contribution in [1.82, 2.24) is 19.5 Å². The Hall–Kier alpha value is -8.65. The zero-order valence-electron chi connectivity index (χ0n) is 35.7. The van der Waals surface area contributed by atoms with Crippen molar-refractivity contribution in [3.63, 3.8) is 0 Å². The number of hydrogen-bond acceptors (Lipinski definition) is 6. The van der Waals surface area contributed by atoms with E-state index in [9.17, 15) is 0 Å². The molecular formula is C60H34N4O2S. The van der Waals surface area contributed by atoms with E-state index in [-0.39, 0.29) is 0 Å². The number of nitrogens with zero attached hydrogens (tertiary/aromatic N) is 4. The van der Waals surface area contributed by atoms with Crippen LogP contribution >= 0.6 is 11.3 Å². The van der Waals surface area contributed by atoms with Crippen LogP contribution in [-0.2, 0) is 6.61 Å². The standard InChI is InChI=1S/C60H34N4O2S/c1-3-13-36-28-50-47(26-34(36)11-1)43-15-5-8-18-49(43)64(50)51-29-40(31-54-57(51)48-27-35-12-2-4-14-37(35)30-53(48)66-54)60-62-58(38-21-23-42-41(25-38)33-65-52-19-9-6-16-44(42)52)61-59(63-60)39-22-24-46-45-17-7-10-20-55(45)67-56(46)32-39/h1-32H,33H2. The summed E-state index contributed by atoms with van der Waals surface area (Å²) in [6, 6.07) is 69.1. The predicted octanol–water partition coefficient (Wildman–Crippen LogP) is 16.1. The van der Waals surface area contributed by atoms with E-state index in [1.54, 1.807) is 11.3 Å². The van der Waals surface area contributed by atoms with Gasteiger partial charge in [0.2, 0.25) is 0 Å². The lowest BCUT2D eigenvalue weighted by Crippen LogP contribution is -2.06. The molecule has 312 valence electrons. The molecule has 0 radical (unpaired) electrons. The molecule has 7 heteroatoms. The van der Waals surface area contributed by atoms with Gasteiger partial charge in [-0.05, 0) is 99.4 Å². The second kappa shape index (κ2) is 13.9. The number of thiophene rings is 1. The third-order valence-corrected chi connectivity index (χ3v) is 14.8. The highest BCUT2D eigenvalue weighted by Crippen LogP contribution is 2.44. The molecule has 67 heavy (non-hydrogen) atoms. The van der Waals surface area contributed by atoms with Crippen molar-refractivity contribution < 1.29 is 9.15 Å². The Morgan fingerprint density at radius 1 is 0.418 bits per heavy atom. The molecule has 0 atom stereocenters. The Kier molecular flexibility index (Phi) is 7.62. The maximum Gasteiger partial charge on any atom is 0.164 e. The van der Waals surface area contributed by atoms with Crippen molar-refractivity contribution in [3.05, 3.63) is 200 Å². The van der Waals surface area contributed by atoms with Crippen molar-refractivity contribution >= 4 is 96.8 Å². The highest BCUT2D eigenvalue weighted by Gasteiger charge is 2.24. The van der Waals surface area contributed by atoms with Gasteiger partial charge >= 0.3 is 0 Å². The summed E-state index contributed by atoms with van der Waals surface area (Å²) in [6.45, 7) is 0.461. The SMILES string of the molecule is c1ccc2c(c1)OCc1cc(-c3nc(-c4cc(-n5c6ccccc6c6cc7ccccc7cc65)c5c(c4)oc4cc6ccccc6cc45)nc(-c4ccc5c(c4)sc4ccccc45)n3)ccc1-2. The van der Waals surface area contributed by atoms with Gasteiger partial charge in [-0.3, -0.25) is 0 Å². The highest BCUT2D eigenvalue weighted by atomic mass is 32.1. The first kappa shape index (κ1) is 36.7. The smallest absolute Gasteiger partial charge is 0.164 e. The summed E-state index contributed by atoms with van der Waals surface area (Å²) in [7, 11) is 0. The second-order valence-corrected chi connectivity index (χ2v) is 18.6. The minimum atomic E-state index is 0.461. The molecule has 6 nitrogen and oxygen atoms in total. The fourth-order valence-corrected chi connectivity index (χ4v) is 11.6. The Morgan fingerprint density at radius 2 is 1.06 bits per heavy atom. The molecule has 14 aromatic rings. The maximum absolute atomic E-state index is 6.96. The number of ether oxygens (including phenoxy) is 1. The summed E-state index contributed by atoms with van der Waals surface area (Å²) in [5.41, 5.74) is 10.7. The lowest BCUT2D eigenvalue weighted by molar-refractivity contribution is 0.302. The summed E-state index contributed by atoms with van der Waals surface area (Å²) in [5, 5.41) is 11.6. The Bertz CT molecular complexity index is 4430. The van der Waals surface area contributed by atoms with E-state index in [4.69, 9.17) is 24.1 Å². The molecule has 0 saturated heterocycles. The molecule has 5 heterocycles. The molecule has 0 amide bonds. The quantitative estimate of drug-likeness (QED) is 0.176. The van der Waals surface area contributed by atoms with Crippen LogP contribution in [0.25, 0.3) is 136 Å². The molecule has 4 aromatic heterocycles. The Balaban J connectivity index is 1.01. The van der Waals surface area contributed by atoms with Gasteiger partial charge in [-0.2, -0.15) is 0 Å². The number of benzene rings is 10. The van der Waals surface area contributed by atoms with Crippen molar-refractivity contribution in [3.8, 4) is 56.7 Å². The Morgan fingerprint density at radius 3 is 1.90 bits per heavy atom. The topological polar surface area (TPSA) is 66.0 Å². The normalized spacial score (nSPS) is 12.5. The van der Waals surface area contributed by atoms with Crippen LogP contribution in [0.4, 0.5) is 0 Å². The highest BCUT2D eigenvalue weighted by molar-refractivity contribution is 7.25. The number of rotatable bonds is 4. The number of para-hydroxylation sites is 2. The molecule has 1 aliphatic heterocycles. The summed E-state index contributed by atoms with van der Waals surface area (Å²) in [4.78, 5) is 16.0. The summed E-state index contributed by atoms with van der Waals surface area (Å²) < 4.78 is 18.1. The van der Waals surface area contributed by atoms with Crippen LogP contribution < -0.4 is 4.74 Å². The molecule has 0 unspecified atom stereocenters. The van der Waals surface area contributed by atoms with Gasteiger partial charge in [0.05, 0.1) is 22.1 Å². The third kappa shape index (κ3) is 5.59. The second-order valence-electron chi connectivity index (χ2n) is 17.5. The van der Waals surface area contributed by atoms with Gasteiger partial charge in [-0.1, -0.05) is 127 Å². The summed E-state index contributed by atoms with van der Waals surface area (Å²) in [6.07, 6.45) is 0. The van der Waals surface area contributed by atoms with Gasteiger partial charge < -0.3 is 13.7 Å². The van der Waals surface area contributed by atoms with Crippen LogP contribution in [0.2, 0.25) is 0 Å². The maximum atomic E-state index is 6.96. The Labute approximate surface area is 386 Å². The van der Waals surface area contributed by atoms with Crippen LogP contribution in [0.15, 0.2) is 199 Å². The summed E-state index contributed by atoms with van der Waals surface area (Å²) >= 11 is 1.79. The average Bonchev–Trinajstić information content (AvgIpc) is 4.05. The number of hydrogen-bond donors (Lipinski definition) is 0. The first-order chi connectivity index (χ1) is 33.1. The summed E-state index contributed by atoms with van der Waals surface area (Å²) in [5.74, 6) is 2.62. The molecular weight excluding hydrogens is 841 g/mol. The minimum absolute atomic E-state index is 0.461. The molecule has 0 saturated carbocycles. The van der Waals surface area contributed by atoms with Gasteiger partial charge in [0.25, 0.3) is 0 Å². The molecule has 15 rings (SSSR count). The average molecular weight is 875 g/mol. The molecule has 0 aliphatic carbocycles. The first-order valence-corrected chi connectivity index (χ1v) is 23.3. The lowest BCUT2D eigenvalue weighted by Gasteiger charge is -2.21. The fourth-order valence-electron chi connectivity index (χ4n) is 10.5. The molecule has 0 N–H and O–H groups in total. The van der Waals surface area contributed by atoms with Gasteiger partial charge in [0, 0.05) is 58.6 Å². The first-order valence-electron chi connectivity index (χ1n) is 22.5. The van der Waals surface area contributed by atoms with E-state index in [2.05, 4.69) is 187 Å². The van der Waals surface area contributed by atoms with Crippen molar-refractivity contribution in [1.29, 1.82) is 0 Å². The molecule has 0 spiro atoms. The van der Waals surface area contributed by atoms with Crippen LogP contribution in [0.1, 0.15) is 5.56 Å². The van der Waals surface area contributed by atoms with Crippen LogP contribution in [0, 0.1) is 0 Å².